The molecular weight excluding hydrogens is 289 g/mol. The summed E-state index contributed by atoms with van der Waals surface area (Å²) in [5.41, 5.74) is 0.996. The van der Waals surface area contributed by atoms with Crippen molar-refractivity contribution < 1.29 is 34.0 Å². The van der Waals surface area contributed by atoms with Crippen LogP contribution >= 0.6 is 0 Å². The Hall–Kier alpha value is -0.130. The van der Waals surface area contributed by atoms with Crippen molar-refractivity contribution >= 4 is 0 Å². The molecule has 0 fully saturated rings. The fourth-order valence-electron chi connectivity index (χ4n) is 1.25. The van der Waals surface area contributed by atoms with Crippen molar-refractivity contribution in [2.24, 2.45) is 0 Å². The number of rotatable bonds is 3. The van der Waals surface area contributed by atoms with Crippen LogP contribution in [0.4, 0.5) is 0 Å². The monoisotopic (exact) mass is 307 g/mol. The molecule has 0 heterocycles. The molecular formula is C11H18INO. The Morgan fingerprint density at radius 3 is 2.07 bits per heavy atom. The minimum atomic E-state index is -0.369. The zero-order valence-corrected chi connectivity index (χ0v) is 11.0. The number of quaternary nitrogens is 1. The van der Waals surface area contributed by atoms with E-state index in [1.807, 2.05) is 37.3 Å². The average molecular weight is 307 g/mol. The molecule has 2 nitrogen and oxygen atoms in total. The Balaban J connectivity index is 0.00000169. The zero-order chi connectivity index (χ0) is 9.84. The number of aliphatic hydroxyl groups excluding tert-OH is 1. The van der Waals surface area contributed by atoms with Crippen LogP contribution in [0.25, 0.3) is 0 Å². The van der Waals surface area contributed by atoms with Gasteiger partial charge in [-0.25, -0.2) is 0 Å². The van der Waals surface area contributed by atoms with Gasteiger partial charge in [-0.15, -0.1) is 0 Å². The molecule has 0 aliphatic rings. The van der Waals surface area contributed by atoms with E-state index in [-0.39, 0.29) is 36.1 Å². The van der Waals surface area contributed by atoms with Crippen LogP contribution in [-0.4, -0.2) is 25.2 Å². The SMILES string of the molecule is C[C@H]([C@@H](O)c1ccccc1)[NH+](C)C.[I-]. The summed E-state index contributed by atoms with van der Waals surface area (Å²) in [4.78, 5) is 1.26. The Kier molecular flexibility index (Phi) is 6.31. The summed E-state index contributed by atoms with van der Waals surface area (Å²) in [6, 6.07) is 10.0. The van der Waals surface area contributed by atoms with Crippen molar-refractivity contribution in [1.82, 2.24) is 0 Å². The summed E-state index contributed by atoms with van der Waals surface area (Å²) in [5.74, 6) is 0. The first-order valence-electron chi connectivity index (χ1n) is 4.66. The third-order valence-corrected chi connectivity index (χ3v) is 2.53. The molecule has 1 rings (SSSR count). The molecule has 1 aromatic carbocycles. The molecule has 1 aromatic rings. The predicted octanol–water partition coefficient (Wildman–Crippen LogP) is -2.74. The average Bonchev–Trinajstić information content (AvgIpc) is 2.17. The standard InChI is InChI=1S/C11H17NO.HI/c1-9(12(2)3)11(13)10-7-5-4-6-8-10;/h4-9,11,13H,1-3H3;1H/t9-,11-;/m1./s1. The van der Waals surface area contributed by atoms with Gasteiger partial charge >= 0.3 is 0 Å². The third kappa shape index (κ3) is 3.55. The van der Waals surface area contributed by atoms with Crippen LogP contribution in [0.1, 0.15) is 18.6 Å². The maximum absolute atomic E-state index is 9.94. The van der Waals surface area contributed by atoms with Crippen molar-refractivity contribution in [1.29, 1.82) is 0 Å². The number of hydrogen-bond donors (Lipinski definition) is 2. The third-order valence-electron chi connectivity index (χ3n) is 2.53. The second kappa shape index (κ2) is 6.37. The van der Waals surface area contributed by atoms with Gasteiger partial charge in [-0.05, 0) is 12.5 Å². The molecule has 2 N–H and O–H groups in total. The molecule has 0 unspecified atom stereocenters. The minimum absolute atomic E-state index is 0. The van der Waals surface area contributed by atoms with E-state index in [9.17, 15) is 5.11 Å². The normalized spacial score (nSPS) is 14.6. The van der Waals surface area contributed by atoms with Gasteiger partial charge in [0.2, 0.25) is 0 Å². The van der Waals surface area contributed by atoms with Crippen molar-refractivity contribution in [3.63, 3.8) is 0 Å². The Morgan fingerprint density at radius 1 is 1.14 bits per heavy atom. The van der Waals surface area contributed by atoms with E-state index in [0.717, 1.165) is 5.56 Å². The van der Waals surface area contributed by atoms with Gasteiger partial charge in [0, 0.05) is 0 Å². The highest BCUT2D eigenvalue weighted by atomic mass is 127. The molecule has 0 bridgehead atoms. The highest BCUT2D eigenvalue weighted by Gasteiger charge is 2.20. The molecule has 0 aliphatic carbocycles. The van der Waals surface area contributed by atoms with E-state index in [4.69, 9.17) is 0 Å². The van der Waals surface area contributed by atoms with Crippen molar-refractivity contribution in [3.05, 3.63) is 35.9 Å². The maximum atomic E-state index is 9.94. The number of nitrogens with one attached hydrogen (secondary N) is 1. The highest BCUT2D eigenvalue weighted by molar-refractivity contribution is 5.17. The van der Waals surface area contributed by atoms with Crippen LogP contribution in [0.5, 0.6) is 0 Å². The fraction of sp³-hybridized carbons (Fsp3) is 0.455. The lowest BCUT2D eigenvalue weighted by Gasteiger charge is -2.22. The van der Waals surface area contributed by atoms with Gasteiger partial charge in [0.15, 0.2) is 0 Å². The van der Waals surface area contributed by atoms with E-state index in [1.54, 1.807) is 0 Å². The summed E-state index contributed by atoms with van der Waals surface area (Å²) in [6.07, 6.45) is -0.369. The number of likely N-dealkylation sites (N-methyl/N-ethyl adjacent to an activating group) is 1. The Morgan fingerprint density at radius 2 is 1.64 bits per heavy atom. The topological polar surface area (TPSA) is 24.7 Å². The molecule has 14 heavy (non-hydrogen) atoms. The van der Waals surface area contributed by atoms with E-state index in [0.29, 0.717) is 0 Å². The van der Waals surface area contributed by atoms with Crippen LogP contribution in [0, 0.1) is 0 Å². The lowest BCUT2D eigenvalue weighted by atomic mass is 10.0. The largest absolute Gasteiger partial charge is 1.00 e. The van der Waals surface area contributed by atoms with Crippen molar-refractivity contribution in [3.8, 4) is 0 Å². The van der Waals surface area contributed by atoms with Gasteiger partial charge in [0.25, 0.3) is 0 Å². The van der Waals surface area contributed by atoms with E-state index < -0.39 is 0 Å². The van der Waals surface area contributed by atoms with Crippen LogP contribution in [0.15, 0.2) is 30.3 Å². The quantitative estimate of drug-likeness (QED) is 0.582. The van der Waals surface area contributed by atoms with E-state index in [2.05, 4.69) is 14.1 Å². The molecule has 0 spiro atoms. The summed E-state index contributed by atoms with van der Waals surface area (Å²) in [6.45, 7) is 2.05. The van der Waals surface area contributed by atoms with E-state index >= 15 is 0 Å². The molecule has 0 saturated carbocycles. The van der Waals surface area contributed by atoms with Crippen LogP contribution in [0.2, 0.25) is 0 Å². The number of halogens is 1. The first-order valence-corrected chi connectivity index (χ1v) is 4.66. The second-order valence-corrected chi connectivity index (χ2v) is 3.72. The van der Waals surface area contributed by atoms with E-state index in [1.165, 1.54) is 4.90 Å². The van der Waals surface area contributed by atoms with Gasteiger partial charge in [-0.1, -0.05) is 30.3 Å². The number of benzene rings is 1. The molecule has 3 heteroatoms. The maximum Gasteiger partial charge on any atom is 0.130 e. The Labute approximate surface area is 103 Å². The molecule has 0 saturated heterocycles. The lowest BCUT2D eigenvalue weighted by Crippen LogP contribution is -3.10. The van der Waals surface area contributed by atoms with Gasteiger partial charge < -0.3 is 34.0 Å². The lowest BCUT2D eigenvalue weighted by molar-refractivity contribution is -0.888. The molecule has 0 aromatic heterocycles. The molecule has 80 valence electrons. The molecule has 0 amide bonds. The summed E-state index contributed by atoms with van der Waals surface area (Å²) >= 11 is 0. The first kappa shape index (κ1) is 13.9. The van der Waals surface area contributed by atoms with Crippen LogP contribution in [-0.2, 0) is 0 Å². The van der Waals surface area contributed by atoms with Crippen LogP contribution in [0.3, 0.4) is 0 Å². The van der Waals surface area contributed by atoms with Crippen LogP contribution < -0.4 is 28.9 Å². The smallest absolute Gasteiger partial charge is 0.130 e. The Bertz CT molecular complexity index is 251. The molecule has 0 radical (unpaired) electrons. The summed E-state index contributed by atoms with van der Waals surface area (Å²) < 4.78 is 0. The van der Waals surface area contributed by atoms with Gasteiger partial charge in [-0.3, -0.25) is 0 Å². The summed E-state index contributed by atoms with van der Waals surface area (Å²) in [7, 11) is 4.10. The zero-order valence-electron chi connectivity index (χ0n) is 8.87. The molecule has 2 atom stereocenters. The molecule has 0 aliphatic heterocycles. The first-order chi connectivity index (χ1) is 6.13. The van der Waals surface area contributed by atoms with Gasteiger partial charge in [-0.2, -0.15) is 0 Å². The summed E-state index contributed by atoms with van der Waals surface area (Å²) in [5, 5.41) is 9.94. The van der Waals surface area contributed by atoms with Gasteiger partial charge in [0.1, 0.15) is 12.1 Å². The highest BCUT2D eigenvalue weighted by Crippen LogP contribution is 2.13. The predicted molar refractivity (Wildman–Crippen MR) is 53.7 cm³/mol. The fourth-order valence-corrected chi connectivity index (χ4v) is 1.25. The van der Waals surface area contributed by atoms with Crippen molar-refractivity contribution in [2.75, 3.05) is 14.1 Å². The number of aliphatic hydroxyl groups is 1. The number of hydrogen-bond acceptors (Lipinski definition) is 1. The van der Waals surface area contributed by atoms with Crippen molar-refractivity contribution in [2.45, 2.75) is 19.1 Å². The second-order valence-electron chi connectivity index (χ2n) is 3.72. The van der Waals surface area contributed by atoms with Gasteiger partial charge in [0.05, 0.1) is 14.1 Å². The minimum Gasteiger partial charge on any atom is -1.00 e.